The Hall–Kier alpha value is -2.80. The Morgan fingerprint density at radius 2 is 1.86 bits per heavy atom. The summed E-state index contributed by atoms with van der Waals surface area (Å²) in [7, 11) is 0. The highest BCUT2D eigenvalue weighted by atomic mass is 32.2. The van der Waals surface area contributed by atoms with Gasteiger partial charge in [-0.25, -0.2) is 5.01 Å². The molecule has 0 unspecified atom stereocenters. The first-order chi connectivity index (χ1) is 13.9. The number of allylic oxidation sites excluding steroid dienone is 4. The molecule has 158 valence electrons. The van der Waals surface area contributed by atoms with Gasteiger partial charge in [-0.1, -0.05) is 62.9 Å². The van der Waals surface area contributed by atoms with E-state index in [1.807, 2.05) is 77.2 Å². The molecule has 2 aromatic rings. The van der Waals surface area contributed by atoms with Crippen molar-refractivity contribution in [3.05, 3.63) is 72.3 Å². The molecule has 0 bridgehead atoms. The van der Waals surface area contributed by atoms with Crippen molar-refractivity contribution < 1.29 is 9.90 Å². The maximum atomic E-state index is 11.4. The van der Waals surface area contributed by atoms with Crippen molar-refractivity contribution in [1.29, 1.82) is 0 Å². The summed E-state index contributed by atoms with van der Waals surface area (Å²) < 4.78 is 2.09. The van der Waals surface area contributed by atoms with Crippen LogP contribution in [0.2, 0.25) is 0 Å². The lowest BCUT2D eigenvalue weighted by Gasteiger charge is -2.30. The third-order valence-electron chi connectivity index (χ3n) is 3.41. The highest BCUT2D eigenvalue weighted by molar-refractivity contribution is 7.98. The van der Waals surface area contributed by atoms with Crippen LogP contribution in [0, 0.1) is 4.91 Å². The monoisotopic (exact) mass is 417 g/mol. The van der Waals surface area contributed by atoms with Crippen molar-refractivity contribution in [1.82, 2.24) is 3.97 Å². The van der Waals surface area contributed by atoms with Crippen LogP contribution in [0.3, 0.4) is 0 Å². The molecule has 29 heavy (non-hydrogen) atoms. The predicted molar refractivity (Wildman–Crippen MR) is 126 cm³/mol. The zero-order valence-electron chi connectivity index (χ0n) is 17.8. The average Bonchev–Trinajstić information content (AvgIpc) is 3.10. The molecule has 0 amide bonds. The first kappa shape index (κ1) is 26.2. The summed E-state index contributed by atoms with van der Waals surface area (Å²) in [4.78, 5) is 19.8. The minimum Gasteiger partial charge on any atom is -0.483 e. The van der Waals surface area contributed by atoms with E-state index in [-0.39, 0.29) is 12.0 Å². The number of hydrogen-bond donors (Lipinski definition) is 1. The number of benzene rings is 1. The van der Waals surface area contributed by atoms with Gasteiger partial charge in [-0.3, -0.25) is 8.77 Å². The van der Waals surface area contributed by atoms with E-state index in [1.165, 1.54) is 5.01 Å². The zero-order valence-corrected chi connectivity index (χ0v) is 18.6. The summed E-state index contributed by atoms with van der Waals surface area (Å²) in [5, 5.41) is 12.8. The Kier molecular flexibility index (Phi) is 12.9. The van der Waals surface area contributed by atoms with Crippen molar-refractivity contribution in [2.45, 2.75) is 40.2 Å². The molecule has 0 aliphatic rings. The summed E-state index contributed by atoms with van der Waals surface area (Å²) in [6.45, 7) is 13.3. The van der Waals surface area contributed by atoms with Gasteiger partial charge in [0.1, 0.15) is 0 Å². The number of anilines is 1. The summed E-state index contributed by atoms with van der Waals surface area (Å²) in [5.41, 5.74) is 1.45. The van der Waals surface area contributed by atoms with E-state index in [0.717, 1.165) is 22.3 Å². The number of aromatic nitrogens is 1. The van der Waals surface area contributed by atoms with E-state index in [1.54, 1.807) is 18.0 Å². The van der Waals surface area contributed by atoms with Gasteiger partial charge >= 0.3 is 0 Å². The van der Waals surface area contributed by atoms with Gasteiger partial charge in [0.15, 0.2) is 0 Å². The average molecular weight is 418 g/mol. The fourth-order valence-corrected chi connectivity index (χ4v) is 3.19. The van der Waals surface area contributed by atoms with Crippen LogP contribution in [0.4, 0.5) is 5.69 Å². The fourth-order valence-electron chi connectivity index (χ4n) is 2.35. The number of nitrogens with zero attached hydrogens (tertiary/aromatic N) is 3. The second kappa shape index (κ2) is 14.2. The first-order valence-electron chi connectivity index (χ1n) is 9.29. The summed E-state index contributed by atoms with van der Waals surface area (Å²) in [6.07, 6.45) is 11.7. The summed E-state index contributed by atoms with van der Waals surface area (Å²) in [6, 6.07) is 7.99. The summed E-state index contributed by atoms with van der Waals surface area (Å²) in [5.74, 6) is 0.823. The van der Waals surface area contributed by atoms with Gasteiger partial charge in [0, 0.05) is 17.3 Å². The van der Waals surface area contributed by atoms with Crippen LogP contribution in [0.1, 0.15) is 34.6 Å². The van der Waals surface area contributed by atoms with Crippen LogP contribution in [0.5, 0.6) is 0 Å². The lowest BCUT2D eigenvalue weighted by Crippen LogP contribution is -2.37. The van der Waals surface area contributed by atoms with Crippen molar-refractivity contribution in [3.8, 4) is 0 Å². The molecule has 2 rings (SSSR count). The summed E-state index contributed by atoms with van der Waals surface area (Å²) >= 11 is 1.67. The smallest absolute Gasteiger partial charge is 0.290 e. The van der Waals surface area contributed by atoms with Gasteiger partial charge in [0.25, 0.3) is 6.47 Å². The lowest BCUT2D eigenvalue weighted by atomic mass is 10.1. The molecular formula is C22H31N3O3S. The van der Waals surface area contributed by atoms with Crippen molar-refractivity contribution in [2.24, 2.45) is 5.29 Å². The number of fused-ring (bicyclic) bond motifs is 1. The van der Waals surface area contributed by atoms with E-state index >= 15 is 0 Å². The molecular weight excluding hydrogens is 386 g/mol. The van der Waals surface area contributed by atoms with E-state index in [2.05, 4.69) is 28.0 Å². The first-order valence-corrected chi connectivity index (χ1v) is 10.2. The number of nitroso groups, excluding NO2 is 1. The minimum absolute atomic E-state index is 0.250. The Morgan fingerprint density at radius 1 is 1.21 bits per heavy atom. The molecule has 0 radical (unpaired) electrons. The van der Waals surface area contributed by atoms with Gasteiger partial charge < -0.3 is 5.11 Å². The van der Waals surface area contributed by atoms with Gasteiger partial charge in [-0.15, -0.1) is 4.91 Å². The molecule has 0 aliphatic heterocycles. The van der Waals surface area contributed by atoms with Crippen LogP contribution in [-0.4, -0.2) is 26.8 Å². The molecule has 6 nitrogen and oxygen atoms in total. The number of carboxylic acid groups (broad SMARTS) is 1. The molecule has 0 fully saturated rings. The fraction of sp³-hybridized carbons (Fsp3) is 0.318. The minimum atomic E-state index is -0.384. The Labute approximate surface area is 177 Å². The number of carbonyl (C=O) groups is 1. The van der Waals surface area contributed by atoms with E-state index in [0.29, 0.717) is 0 Å². The van der Waals surface area contributed by atoms with Crippen molar-refractivity contribution in [2.75, 3.05) is 10.8 Å². The molecule has 1 aromatic heterocycles. The molecule has 0 atom stereocenters. The number of hydrogen-bond acceptors (Lipinski definition) is 4. The Balaban J connectivity index is 0.00000143. The van der Waals surface area contributed by atoms with Crippen LogP contribution in [0.15, 0.2) is 72.7 Å². The van der Waals surface area contributed by atoms with Crippen LogP contribution in [-0.2, 0) is 4.79 Å². The highest BCUT2D eigenvalue weighted by Gasteiger charge is 2.25. The van der Waals surface area contributed by atoms with Gasteiger partial charge in [-0.05, 0) is 44.9 Å². The third kappa shape index (κ3) is 8.39. The molecule has 1 aromatic carbocycles. The third-order valence-corrected chi connectivity index (χ3v) is 4.33. The molecule has 0 saturated carbocycles. The SMILES string of the molecule is C=C/C=C\C=C/CSn1ccc2cccc(N(N=O)C(C)(C)C)c21.CC.O=CO. The van der Waals surface area contributed by atoms with Crippen molar-refractivity contribution >= 4 is 35.0 Å². The largest absolute Gasteiger partial charge is 0.483 e. The molecule has 1 N–H and O–H groups in total. The Morgan fingerprint density at radius 3 is 2.41 bits per heavy atom. The molecule has 1 heterocycles. The number of para-hydroxylation sites is 1. The maximum absolute atomic E-state index is 11.4. The zero-order chi connectivity index (χ0) is 22.3. The van der Waals surface area contributed by atoms with E-state index in [9.17, 15) is 4.91 Å². The Bertz CT molecular complexity index is 820. The highest BCUT2D eigenvalue weighted by Crippen LogP contribution is 2.34. The quantitative estimate of drug-likeness (QED) is 0.242. The molecule has 0 spiro atoms. The van der Waals surface area contributed by atoms with Gasteiger partial charge in [0.2, 0.25) is 0 Å². The van der Waals surface area contributed by atoms with Crippen molar-refractivity contribution in [3.63, 3.8) is 0 Å². The standard InChI is InChI=1S/C19H23N3OS.C2H6.CH2O2/c1-5-6-7-8-9-15-24-21-14-13-16-11-10-12-17(18(16)21)22(20-23)19(2,3)4;1-2;2-1-3/h5-14H,1,15H2,2-4H3;1-2H3;1H,(H,2,3)/b7-6-,9-8-;;. The van der Waals surface area contributed by atoms with Crippen LogP contribution >= 0.6 is 11.9 Å². The van der Waals surface area contributed by atoms with Crippen LogP contribution in [0.25, 0.3) is 10.9 Å². The second-order valence-electron chi connectivity index (χ2n) is 6.37. The molecule has 0 aliphatic carbocycles. The lowest BCUT2D eigenvalue weighted by molar-refractivity contribution is -0.122. The topological polar surface area (TPSA) is 74.9 Å². The molecule has 7 heteroatoms. The van der Waals surface area contributed by atoms with Crippen LogP contribution < -0.4 is 5.01 Å². The number of rotatable bonds is 7. The normalized spacial score (nSPS) is 10.8. The van der Waals surface area contributed by atoms with Gasteiger partial charge in [0.05, 0.1) is 22.0 Å². The van der Waals surface area contributed by atoms with Gasteiger partial charge in [-0.2, -0.15) is 0 Å². The maximum Gasteiger partial charge on any atom is 0.290 e. The van der Waals surface area contributed by atoms with E-state index in [4.69, 9.17) is 9.90 Å². The second-order valence-corrected chi connectivity index (χ2v) is 7.36. The predicted octanol–water partition coefficient (Wildman–Crippen LogP) is 6.45. The van der Waals surface area contributed by atoms with E-state index < -0.39 is 0 Å². The molecule has 0 saturated heterocycles.